The van der Waals surface area contributed by atoms with E-state index in [9.17, 15) is 0 Å². The van der Waals surface area contributed by atoms with Crippen LogP contribution in [-0.2, 0) is 0 Å². The van der Waals surface area contributed by atoms with E-state index in [0.717, 1.165) is 0 Å². The number of piperidine rings is 1. The molecular weight excluding hydrogens is 160 g/mol. The quantitative estimate of drug-likeness (QED) is 0.653. The van der Waals surface area contributed by atoms with E-state index in [1.807, 2.05) is 0 Å². The van der Waals surface area contributed by atoms with Crippen molar-refractivity contribution in [1.29, 1.82) is 0 Å². The topological polar surface area (TPSA) is 6.48 Å². The first-order valence-electron chi connectivity index (χ1n) is 5.90. The number of hydrogen-bond acceptors (Lipinski definition) is 2. The van der Waals surface area contributed by atoms with Crippen LogP contribution in [0.4, 0.5) is 0 Å². The van der Waals surface area contributed by atoms with Crippen LogP contribution >= 0.6 is 0 Å². The normalized spacial score (nSPS) is 26.8. The van der Waals surface area contributed by atoms with Gasteiger partial charge in [0.05, 0.1) is 0 Å². The molecule has 0 amide bonds. The lowest BCUT2D eigenvalue weighted by Gasteiger charge is -2.28. The molecule has 0 saturated carbocycles. The molecule has 2 nitrogen and oxygen atoms in total. The van der Waals surface area contributed by atoms with Gasteiger partial charge in [0.2, 0.25) is 0 Å². The monoisotopic (exact) mass is 182 g/mol. The van der Waals surface area contributed by atoms with Gasteiger partial charge in [0.1, 0.15) is 0 Å². The van der Waals surface area contributed by atoms with Gasteiger partial charge in [0.15, 0.2) is 0 Å². The van der Waals surface area contributed by atoms with Crippen LogP contribution in [0.3, 0.4) is 0 Å². The molecule has 0 N–H and O–H groups in total. The summed E-state index contributed by atoms with van der Waals surface area (Å²) in [6, 6.07) is 0. The molecule has 2 saturated heterocycles. The van der Waals surface area contributed by atoms with E-state index in [4.69, 9.17) is 0 Å². The summed E-state index contributed by atoms with van der Waals surface area (Å²) >= 11 is 0. The standard InChI is InChI=1S/C11H22N2/c1-2-6-12(7-3-1)10-11-13-8-4-5-9-13/h1-11H2. The van der Waals surface area contributed by atoms with Gasteiger partial charge >= 0.3 is 0 Å². The minimum Gasteiger partial charge on any atom is -0.302 e. The Bertz CT molecular complexity index is 135. The Balaban J connectivity index is 1.60. The van der Waals surface area contributed by atoms with Crippen molar-refractivity contribution < 1.29 is 0 Å². The van der Waals surface area contributed by atoms with Gasteiger partial charge in [-0.15, -0.1) is 0 Å². The molecule has 0 aliphatic carbocycles. The lowest BCUT2D eigenvalue weighted by molar-refractivity contribution is 0.196. The van der Waals surface area contributed by atoms with Crippen molar-refractivity contribution in [3.63, 3.8) is 0 Å². The first kappa shape index (κ1) is 9.47. The molecule has 13 heavy (non-hydrogen) atoms. The number of likely N-dealkylation sites (tertiary alicyclic amines) is 2. The maximum atomic E-state index is 2.64. The van der Waals surface area contributed by atoms with Gasteiger partial charge in [-0.25, -0.2) is 0 Å². The van der Waals surface area contributed by atoms with E-state index in [2.05, 4.69) is 9.80 Å². The van der Waals surface area contributed by atoms with E-state index in [1.54, 1.807) is 0 Å². The Morgan fingerprint density at radius 3 is 1.38 bits per heavy atom. The second-order valence-corrected chi connectivity index (χ2v) is 4.45. The number of nitrogens with zero attached hydrogens (tertiary/aromatic N) is 2. The molecule has 76 valence electrons. The Labute approximate surface area is 81.9 Å². The van der Waals surface area contributed by atoms with Crippen molar-refractivity contribution in [2.24, 2.45) is 0 Å². The summed E-state index contributed by atoms with van der Waals surface area (Å²) in [6.45, 7) is 8.06. The van der Waals surface area contributed by atoms with E-state index in [-0.39, 0.29) is 0 Å². The highest BCUT2D eigenvalue weighted by atomic mass is 15.2. The average molecular weight is 182 g/mol. The summed E-state index contributed by atoms with van der Waals surface area (Å²) in [5, 5.41) is 0. The van der Waals surface area contributed by atoms with Crippen LogP contribution in [0.2, 0.25) is 0 Å². The fraction of sp³-hybridized carbons (Fsp3) is 1.00. The smallest absolute Gasteiger partial charge is 0.0109 e. The van der Waals surface area contributed by atoms with Crippen LogP contribution in [0.25, 0.3) is 0 Å². The fourth-order valence-electron chi connectivity index (χ4n) is 2.47. The highest BCUT2D eigenvalue weighted by molar-refractivity contribution is 4.70. The van der Waals surface area contributed by atoms with Crippen molar-refractivity contribution in [3.8, 4) is 0 Å². The minimum absolute atomic E-state index is 1.32. The lowest BCUT2D eigenvalue weighted by atomic mass is 10.1. The van der Waals surface area contributed by atoms with Crippen LogP contribution in [0.5, 0.6) is 0 Å². The zero-order valence-electron chi connectivity index (χ0n) is 8.67. The van der Waals surface area contributed by atoms with Crippen LogP contribution in [0.1, 0.15) is 32.1 Å². The summed E-state index contributed by atoms with van der Waals surface area (Å²) < 4.78 is 0. The largest absolute Gasteiger partial charge is 0.302 e. The summed E-state index contributed by atoms with van der Waals surface area (Å²) in [6.07, 6.45) is 7.18. The van der Waals surface area contributed by atoms with Crippen molar-refractivity contribution >= 4 is 0 Å². The zero-order chi connectivity index (χ0) is 8.93. The van der Waals surface area contributed by atoms with Crippen molar-refractivity contribution in [2.45, 2.75) is 32.1 Å². The molecule has 2 heteroatoms. The predicted molar refractivity (Wildman–Crippen MR) is 56.0 cm³/mol. The summed E-state index contributed by atoms with van der Waals surface area (Å²) in [5.74, 6) is 0. The maximum absolute atomic E-state index is 2.64. The SMILES string of the molecule is C1CCN(CCN2CCCC2)CC1. The van der Waals surface area contributed by atoms with Crippen molar-refractivity contribution in [3.05, 3.63) is 0 Å². The Hall–Kier alpha value is -0.0800. The molecule has 0 atom stereocenters. The van der Waals surface area contributed by atoms with E-state index in [1.165, 1.54) is 71.4 Å². The molecule has 2 aliphatic heterocycles. The summed E-state index contributed by atoms with van der Waals surface area (Å²) in [5.41, 5.74) is 0. The third-order valence-electron chi connectivity index (χ3n) is 3.38. The molecule has 2 rings (SSSR count). The molecule has 0 radical (unpaired) electrons. The highest BCUT2D eigenvalue weighted by Gasteiger charge is 2.14. The number of hydrogen-bond donors (Lipinski definition) is 0. The van der Waals surface area contributed by atoms with Gasteiger partial charge in [-0.2, -0.15) is 0 Å². The van der Waals surface area contributed by atoms with Gasteiger partial charge in [-0.1, -0.05) is 6.42 Å². The van der Waals surface area contributed by atoms with Gasteiger partial charge < -0.3 is 9.80 Å². The molecule has 0 unspecified atom stereocenters. The molecule has 2 heterocycles. The molecule has 0 aromatic heterocycles. The summed E-state index contributed by atoms with van der Waals surface area (Å²) in [7, 11) is 0. The Morgan fingerprint density at radius 1 is 0.538 bits per heavy atom. The third-order valence-corrected chi connectivity index (χ3v) is 3.38. The molecule has 2 aliphatic rings. The van der Waals surface area contributed by atoms with E-state index < -0.39 is 0 Å². The zero-order valence-corrected chi connectivity index (χ0v) is 8.67. The van der Waals surface area contributed by atoms with Crippen molar-refractivity contribution in [2.75, 3.05) is 39.3 Å². The lowest BCUT2D eigenvalue weighted by Crippen LogP contribution is -2.36. The average Bonchev–Trinajstić information content (AvgIpc) is 2.69. The van der Waals surface area contributed by atoms with E-state index in [0.29, 0.717) is 0 Å². The first-order valence-corrected chi connectivity index (χ1v) is 5.90. The van der Waals surface area contributed by atoms with Crippen LogP contribution in [0, 0.1) is 0 Å². The van der Waals surface area contributed by atoms with Crippen LogP contribution < -0.4 is 0 Å². The van der Waals surface area contributed by atoms with Gasteiger partial charge in [0, 0.05) is 13.1 Å². The Morgan fingerprint density at radius 2 is 0.923 bits per heavy atom. The first-order chi connectivity index (χ1) is 6.45. The predicted octanol–water partition coefficient (Wildman–Crippen LogP) is 1.57. The summed E-state index contributed by atoms with van der Waals surface area (Å²) in [4.78, 5) is 5.26. The van der Waals surface area contributed by atoms with Crippen LogP contribution in [-0.4, -0.2) is 49.1 Å². The molecule has 0 aromatic rings. The second kappa shape index (κ2) is 4.97. The highest BCUT2D eigenvalue weighted by Crippen LogP contribution is 2.10. The minimum atomic E-state index is 1.32. The van der Waals surface area contributed by atoms with Gasteiger partial charge in [-0.3, -0.25) is 0 Å². The van der Waals surface area contributed by atoms with Crippen LogP contribution in [0.15, 0.2) is 0 Å². The van der Waals surface area contributed by atoms with E-state index >= 15 is 0 Å². The molecule has 0 bridgehead atoms. The molecular formula is C11H22N2. The molecule has 0 aromatic carbocycles. The van der Waals surface area contributed by atoms with Gasteiger partial charge in [0.25, 0.3) is 0 Å². The second-order valence-electron chi connectivity index (χ2n) is 4.45. The van der Waals surface area contributed by atoms with Gasteiger partial charge in [-0.05, 0) is 51.9 Å². The fourth-order valence-corrected chi connectivity index (χ4v) is 2.47. The number of rotatable bonds is 3. The Kier molecular flexibility index (Phi) is 3.62. The van der Waals surface area contributed by atoms with Crippen molar-refractivity contribution in [1.82, 2.24) is 9.80 Å². The molecule has 2 fully saturated rings. The molecule has 0 spiro atoms. The third kappa shape index (κ3) is 2.96. The maximum Gasteiger partial charge on any atom is 0.0109 e.